The molecule has 3 rings (SSSR count). The van der Waals surface area contributed by atoms with Gasteiger partial charge < -0.3 is 10.1 Å². The predicted molar refractivity (Wildman–Crippen MR) is 99.7 cm³/mol. The van der Waals surface area contributed by atoms with Gasteiger partial charge in [0.25, 0.3) is 0 Å². The standard InChI is InChI=1S/C21H26N2O2/c1-16(21(24)22-14-17-7-6-10-20(13-17)25-2)23-12-11-19(15-23)18-8-4-3-5-9-18/h3-10,13,16,19H,11-12,14-15H2,1-2H3,(H,22,24). The minimum atomic E-state index is -0.112. The number of methoxy groups -OCH3 is 1. The van der Waals surface area contributed by atoms with Gasteiger partial charge >= 0.3 is 0 Å². The van der Waals surface area contributed by atoms with Crippen LogP contribution in [-0.2, 0) is 11.3 Å². The van der Waals surface area contributed by atoms with Gasteiger partial charge in [0.1, 0.15) is 5.75 Å². The van der Waals surface area contributed by atoms with Crippen molar-refractivity contribution < 1.29 is 9.53 Å². The van der Waals surface area contributed by atoms with Gasteiger partial charge in [-0.1, -0.05) is 42.5 Å². The molecular formula is C21H26N2O2. The van der Waals surface area contributed by atoms with E-state index in [4.69, 9.17) is 4.74 Å². The molecule has 25 heavy (non-hydrogen) atoms. The summed E-state index contributed by atoms with van der Waals surface area (Å²) in [6.45, 7) is 4.43. The second-order valence-electron chi connectivity index (χ2n) is 6.64. The van der Waals surface area contributed by atoms with Crippen molar-refractivity contribution >= 4 is 5.91 Å². The second-order valence-corrected chi connectivity index (χ2v) is 6.64. The zero-order valence-electron chi connectivity index (χ0n) is 14.9. The number of benzene rings is 2. The van der Waals surface area contributed by atoms with Gasteiger partial charge in [-0.05, 0) is 49.1 Å². The Morgan fingerprint density at radius 2 is 2.04 bits per heavy atom. The fourth-order valence-electron chi connectivity index (χ4n) is 3.42. The van der Waals surface area contributed by atoms with Crippen LogP contribution in [0.4, 0.5) is 0 Å². The molecule has 2 atom stereocenters. The first-order chi connectivity index (χ1) is 12.2. The van der Waals surface area contributed by atoms with Crippen LogP contribution in [0.25, 0.3) is 0 Å². The molecule has 0 spiro atoms. The molecule has 1 heterocycles. The number of carbonyl (C=O) groups is 1. The van der Waals surface area contributed by atoms with Gasteiger partial charge in [-0.25, -0.2) is 0 Å². The van der Waals surface area contributed by atoms with Crippen LogP contribution >= 0.6 is 0 Å². The van der Waals surface area contributed by atoms with Crippen molar-refractivity contribution in [1.82, 2.24) is 10.2 Å². The van der Waals surface area contributed by atoms with Gasteiger partial charge in [-0.2, -0.15) is 0 Å². The maximum atomic E-state index is 12.5. The van der Waals surface area contributed by atoms with E-state index < -0.39 is 0 Å². The zero-order valence-corrected chi connectivity index (χ0v) is 14.9. The van der Waals surface area contributed by atoms with Crippen LogP contribution in [0.2, 0.25) is 0 Å². The summed E-state index contributed by atoms with van der Waals surface area (Å²) in [4.78, 5) is 14.8. The van der Waals surface area contributed by atoms with Crippen LogP contribution < -0.4 is 10.1 Å². The lowest BCUT2D eigenvalue weighted by Crippen LogP contribution is -2.43. The van der Waals surface area contributed by atoms with Crippen LogP contribution in [-0.4, -0.2) is 37.0 Å². The van der Waals surface area contributed by atoms with Gasteiger partial charge in [0.05, 0.1) is 13.2 Å². The van der Waals surface area contributed by atoms with Crippen LogP contribution in [0.5, 0.6) is 5.75 Å². The lowest BCUT2D eigenvalue weighted by molar-refractivity contribution is -0.125. The molecule has 4 heteroatoms. The number of rotatable bonds is 6. The zero-order chi connectivity index (χ0) is 17.6. The fraction of sp³-hybridized carbons (Fsp3) is 0.381. The molecule has 0 aliphatic carbocycles. The number of carbonyl (C=O) groups excluding carboxylic acids is 1. The number of nitrogens with zero attached hydrogens (tertiary/aromatic N) is 1. The largest absolute Gasteiger partial charge is 0.497 e. The number of hydrogen-bond donors (Lipinski definition) is 1. The van der Waals surface area contributed by atoms with Gasteiger partial charge in [0, 0.05) is 13.1 Å². The van der Waals surface area contributed by atoms with E-state index in [0.29, 0.717) is 12.5 Å². The SMILES string of the molecule is COc1cccc(CNC(=O)C(C)N2CCC(c3ccccc3)C2)c1. The Morgan fingerprint density at radius 3 is 2.80 bits per heavy atom. The average Bonchev–Trinajstić information content (AvgIpc) is 3.16. The van der Waals surface area contributed by atoms with Crippen LogP contribution in [0.1, 0.15) is 30.4 Å². The molecule has 0 radical (unpaired) electrons. The summed E-state index contributed by atoms with van der Waals surface area (Å²) in [5, 5.41) is 3.05. The van der Waals surface area contributed by atoms with Crippen molar-refractivity contribution in [2.24, 2.45) is 0 Å². The molecule has 1 aliphatic rings. The van der Waals surface area contributed by atoms with Crippen LogP contribution in [0.3, 0.4) is 0 Å². The minimum Gasteiger partial charge on any atom is -0.497 e. The summed E-state index contributed by atoms with van der Waals surface area (Å²) in [6.07, 6.45) is 1.11. The topological polar surface area (TPSA) is 41.6 Å². The molecule has 0 aromatic heterocycles. The molecule has 2 unspecified atom stereocenters. The lowest BCUT2D eigenvalue weighted by Gasteiger charge is -2.23. The van der Waals surface area contributed by atoms with Crippen molar-refractivity contribution in [3.8, 4) is 5.75 Å². The number of likely N-dealkylation sites (tertiary alicyclic amines) is 1. The third-order valence-corrected chi connectivity index (χ3v) is 5.02. The highest BCUT2D eigenvalue weighted by atomic mass is 16.5. The molecule has 0 bridgehead atoms. The highest BCUT2D eigenvalue weighted by molar-refractivity contribution is 5.81. The molecule has 2 aromatic carbocycles. The highest BCUT2D eigenvalue weighted by Gasteiger charge is 2.30. The minimum absolute atomic E-state index is 0.0801. The van der Waals surface area contributed by atoms with Crippen molar-refractivity contribution in [2.75, 3.05) is 20.2 Å². The summed E-state index contributed by atoms with van der Waals surface area (Å²) < 4.78 is 5.22. The van der Waals surface area contributed by atoms with E-state index in [9.17, 15) is 4.79 Å². The molecule has 1 amide bonds. The van der Waals surface area contributed by atoms with Crippen molar-refractivity contribution in [3.05, 3.63) is 65.7 Å². The Bertz CT molecular complexity index is 702. The molecule has 4 nitrogen and oxygen atoms in total. The Kier molecular flexibility index (Phi) is 5.71. The number of ether oxygens (including phenoxy) is 1. The first-order valence-corrected chi connectivity index (χ1v) is 8.87. The van der Waals surface area contributed by atoms with Crippen molar-refractivity contribution in [1.29, 1.82) is 0 Å². The average molecular weight is 338 g/mol. The summed E-state index contributed by atoms with van der Waals surface area (Å²) >= 11 is 0. The quantitative estimate of drug-likeness (QED) is 0.879. The van der Waals surface area contributed by atoms with E-state index in [-0.39, 0.29) is 11.9 Å². The summed E-state index contributed by atoms with van der Waals surface area (Å²) in [7, 11) is 1.65. The van der Waals surface area contributed by atoms with Gasteiger partial charge in [0.15, 0.2) is 0 Å². The van der Waals surface area contributed by atoms with Gasteiger partial charge in [-0.15, -0.1) is 0 Å². The Morgan fingerprint density at radius 1 is 1.24 bits per heavy atom. The first-order valence-electron chi connectivity index (χ1n) is 8.87. The van der Waals surface area contributed by atoms with E-state index in [1.807, 2.05) is 37.3 Å². The monoisotopic (exact) mass is 338 g/mol. The fourth-order valence-corrected chi connectivity index (χ4v) is 3.42. The van der Waals surface area contributed by atoms with Crippen molar-refractivity contribution in [2.45, 2.75) is 31.8 Å². The second kappa shape index (κ2) is 8.17. The third kappa shape index (κ3) is 4.40. The predicted octanol–water partition coefficient (Wildman–Crippen LogP) is 3.19. The molecule has 1 saturated heterocycles. The summed E-state index contributed by atoms with van der Waals surface area (Å²) in [5.41, 5.74) is 2.41. The molecular weight excluding hydrogens is 312 g/mol. The highest BCUT2D eigenvalue weighted by Crippen LogP contribution is 2.28. The number of amides is 1. The summed E-state index contributed by atoms with van der Waals surface area (Å²) in [5.74, 6) is 1.41. The lowest BCUT2D eigenvalue weighted by atomic mass is 9.99. The van der Waals surface area contributed by atoms with E-state index in [2.05, 4.69) is 34.5 Å². The molecule has 1 N–H and O–H groups in total. The van der Waals surface area contributed by atoms with E-state index in [0.717, 1.165) is 30.8 Å². The Hall–Kier alpha value is -2.33. The van der Waals surface area contributed by atoms with E-state index in [1.54, 1.807) is 7.11 Å². The number of nitrogens with one attached hydrogen (secondary N) is 1. The maximum Gasteiger partial charge on any atom is 0.237 e. The molecule has 0 saturated carbocycles. The Labute approximate surface area is 149 Å². The Balaban J connectivity index is 1.52. The molecule has 1 fully saturated rings. The van der Waals surface area contributed by atoms with E-state index in [1.165, 1.54) is 5.56 Å². The summed E-state index contributed by atoms with van der Waals surface area (Å²) in [6, 6.07) is 18.3. The van der Waals surface area contributed by atoms with Crippen LogP contribution in [0, 0.1) is 0 Å². The normalized spacial score (nSPS) is 18.7. The maximum absolute atomic E-state index is 12.5. The number of hydrogen-bond acceptors (Lipinski definition) is 3. The van der Waals surface area contributed by atoms with Gasteiger partial charge in [-0.3, -0.25) is 9.69 Å². The van der Waals surface area contributed by atoms with Crippen molar-refractivity contribution in [3.63, 3.8) is 0 Å². The van der Waals surface area contributed by atoms with E-state index >= 15 is 0 Å². The van der Waals surface area contributed by atoms with Crippen LogP contribution in [0.15, 0.2) is 54.6 Å². The van der Waals surface area contributed by atoms with Gasteiger partial charge in [0.2, 0.25) is 5.91 Å². The first kappa shape index (κ1) is 17.5. The third-order valence-electron chi connectivity index (χ3n) is 5.02. The smallest absolute Gasteiger partial charge is 0.237 e. The molecule has 132 valence electrons. The molecule has 1 aliphatic heterocycles. The molecule has 2 aromatic rings.